The van der Waals surface area contributed by atoms with E-state index in [0.717, 1.165) is 32.4 Å². The van der Waals surface area contributed by atoms with Crippen molar-refractivity contribution in [3.05, 3.63) is 18.0 Å². The van der Waals surface area contributed by atoms with Crippen molar-refractivity contribution in [2.24, 2.45) is 0 Å². The minimum absolute atomic E-state index is 0.0161. The molecule has 0 bridgehead atoms. The maximum absolute atomic E-state index is 12.7. The molecule has 1 aromatic rings. The Balaban J connectivity index is 1.44. The largest absolute Gasteiger partial charge is 0.343 e. The van der Waals surface area contributed by atoms with Gasteiger partial charge in [-0.1, -0.05) is 0 Å². The lowest BCUT2D eigenvalue weighted by Crippen LogP contribution is -2.38. The highest BCUT2D eigenvalue weighted by atomic mass is 16.2. The van der Waals surface area contributed by atoms with E-state index in [4.69, 9.17) is 0 Å². The number of aryl methyl sites for hydroxylation is 1. The molecule has 2 aliphatic rings. The summed E-state index contributed by atoms with van der Waals surface area (Å²) in [5.74, 6) is 0.323. The van der Waals surface area contributed by atoms with Gasteiger partial charge < -0.3 is 14.7 Å². The third-order valence-corrected chi connectivity index (χ3v) is 5.58. The number of hydrogen-bond donors (Lipinski definition) is 0. The first-order chi connectivity index (χ1) is 13.6. The summed E-state index contributed by atoms with van der Waals surface area (Å²) in [6, 6.07) is 0. The summed E-state index contributed by atoms with van der Waals surface area (Å²) in [7, 11) is 0. The minimum Gasteiger partial charge on any atom is -0.343 e. The predicted octanol–water partition coefficient (Wildman–Crippen LogP) is 1.37. The van der Waals surface area contributed by atoms with E-state index in [2.05, 4.69) is 5.10 Å². The molecule has 2 fully saturated rings. The minimum atomic E-state index is -0.0161. The first-order valence-electron chi connectivity index (χ1n) is 10.5. The van der Waals surface area contributed by atoms with Crippen molar-refractivity contribution in [1.29, 1.82) is 0 Å². The SMILES string of the molecule is CCn1cc(C(=O)N2CCCN(C(=O)CCCN3CCCCC3=O)CC2)cn1. The molecule has 2 saturated heterocycles. The van der Waals surface area contributed by atoms with Crippen LogP contribution in [-0.2, 0) is 16.1 Å². The Morgan fingerprint density at radius 1 is 1.04 bits per heavy atom. The Morgan fingerprint density at radius 3 is 2.57 bits per heavy atom. The highest BCUT2D eigenvalue weighted by molar-refractivity contribution is 5.93. The highest BCUT2D eigenvalue weighted by Gasteiger charge is 2.24. The zero-order valence-corrected chi connectivity index (χ0v) is 16.8. The Labute approximate surface area is 166 Å². The monoisotopic (exact) mass is 389 g/mol. The third-order valence-electron chi connectivity index (χ3n) is 5.58. The fourth-order valence-electron chi connectivity index (χ4n) is 3.88. The van der Waals surface area contributed by atoms with Crippen LogP contribution in [0.25, 0.3) is 0 Å². The lowest BCUT2D eigenvalue weighted by atomic mass is 10.1. The van der Waals surface area contributed by atoms with Crippen LogP contribution in [0.1, 0.15) is 55.8 Å². The van der Waals surface area contributed by atoms with Crippen LogP contribution in [0, 0.1) is 0 Å². The Bertz CT molecular complexity index is 702. The quantitative estimate of drug-likeness (QED) is 0.736. The number of aromatic nitrogens is 2. The number of rotatable bonds is 6. The summed E-state index contributed by atoms with van der Waals surface area (Å²) in [5.41, 5.74) is 0.604. The van der Waals surface area contributed by atoms with E-state index in [9.17, 15) is 14.4 Å². The van der Waals surface area contributed by atoms with Crippen molar-refractivity contribution >= 4 is 17.7 Å². The topological polar surface area (TPSA) is 78.8 Å². The summed E-state index contributed by atoms with van der Waals surface area (Å²) in [6.45, 7) is 6.66. The second-order valence-corrected chi connectivity index (χ2v) is 7.55. The average Bonchev–Trinajstić information content (AvgIpc) is 3.05. The van der Waals surface area contributed by atoms with Gasteiger partial charge in [0.1, 0.15) is 0 Å². The van der Waals surface area contributed by atoms with Crippen LogP contribution >= 0.6 is 0 Å². The van der Waals surface area contributed by atoms with E-state index >= 15 is 0 Å². The maximum Gasteiger partial charge on any atom is 0.257 e. The fraction of sp³-hybridized carbons (Fsp3) is 0.700. The fourth-order valence-corrected chi connectivity index (χ4v) is 3.88. The zero-order chi connectivity index (χ0) is 19.9. The van der Waals surface area contributed by atoms with Crippen molar-refractivity contribution in [2.45, 2.75) is 52.0 Å². The van der Waals surface area contributed by atoms with Gasteiger partial charge in [-0.15, -0.1) is 0 Å². The van der Waals surface area contributed by atoms with E-state index in [0.29, 0.717) is 57.5 Å². The summed E-state index contributed by atoms with van der Waals surface area (Å²) >= 11 is 0. The lowest BCUT2D eigenvalue weighted by molar-refractivity contribution is -0.135. The number of piperidine rings is 1. The van der Waals surface area contributed by atoms with Crippen LogP contribution in [0.5, 0.6) is 0 Å². The number of hydrogen-bond acceptors (Lipinski definition) is 4. The van der Waals surface area contributed by atoms with Gasteiger partial charge in [-0.05, 0) is 32.6 Å². The van der Waals surface area contributed by atoms with Gasteiger partial charge in [0.05, 0.1) is 11.8 Å². The summed E-state index contributed by atoms with van der Waals surface area (Å²) in [5, 5.41) is 4.17. The van der Waals surface area contributed by atoms with E-state index in [1.807, 2.05) is 21.6 Å². The molecule has 0 aliphatic carbocycles. The van der Waals surface area contributed by atoms with Crippen molar-refractivity contribution in [3.8, 4) is 0 Å². The van der Waals surface area contributed by atoms with E-state index in [1.54, 1.807) is 17.1 Å². The molecule has 28 heavy (non-hydrogen) atoms. The molecule has 0 N–H and O–H groups in total. The van der Waals surface area contributed by atoms with Gasteiger partial charge in [0.25, 0.3) is 5.91 Å². The second-order valence-electron chi connectivity index (χ2n) is 7.55. The van der Waals surface area contributed by atoms with Crippen molar-refractivity contribution in [3.63, 3.8) is 0 Å². The maximum atomic E-state index is 12.7. The highest BCUT2D eigenvalue weighted by Crippen LogP contribution is 2.13. The molecule has 0 atom stereocenters. The molecular weight excluding hydrogens is 358 g/mol. The first-order valence-corrected chi connectivity index (χ1v) is 10.5. The molecule has 3 rings (SSSR count). The molecule has 3 amide bonds. The molecule has 2 aliphatic heterocycles. The lowest BCUT2D eigenvalue weighted by Gasteiger charge is -2.27. The van der Waals surface area contributed by atoms with Gasteiger partial charge in [0.2, 0.25) is 11.8 Å². The molecule has 0 spiro atoms. The second kappa shape index (κ2) is 9.71. The molecule has 154 valence electrons. The van der Waals surface area contributed by atoms with Crippen LogP contribution in [0.4, 0.5) is 0 Å². The standard InChI is InChI=1S/C20H31N5O3/c1-2-25-16-17(15-21-25)20(28)24-12-6-11-23(13-14-24)19(27)8-5-10-22-9-4-3-7-18(22)26/h15-16H,2-14H2,1H3. The van der Waals surface area contributed by atoms with Gasteiger partial charge in [-0.2, -0.15) is 5.10 Å². The van der Waals surface area contributed by atoms with Crippen molar-refractivity contribution in [1.82, 2.24) is 24.5 Å². The van der Waals surface area contributed by atoms with Crippen LogP contribution < -0.4 is 0 Å². The van der Waals surface area contributed by atoms with Crippen LogP contribution in [0.3, 0.4) is 0 Å². The first kappa shape index (κ1) is 20.4. The van der Waals surface area contributed by atoms with E-state index in [1.165, 1.54) is 0 Å². The molecule has 8 heteroatoms. The van der Waals surface area contributed by atoms with Crippen molar-refractivity contribution < 1.29 is 14.4 Å². The average molecular weight is 390 g/mol. The van der Waals surface area contributed by atoms with E-state index in [-0.39, 0.29) is 17.7 Å². The zero-order valence-electron chi connectivity index (χ0n) is 16.8. The van der Waals surface area contributed by atoms with Crippen LogP contribution in [0.15, 0.2) is 12.4 Å². The number of carbonyl (C=O) groups is 3. The normalized spacial score (nSPS) is 18.3. The molecule has 0 saturated carbocycles. The molecule has 0 unspecified atom stereocenters. The van der Waals surface area contributed by atoms with Gasteiger partial charge in [0, 0.05) is 64.9 Å². The smallest absolute Gasteiger partial charge is 0.257 e. The van der Waals surface area contributed by atoms with Gasteiger partial charge in [-0.3, -0.25) is 19.1 Å². The summed E-state index contributed by atoms with van der Waals surface area (Å²) < 4.78 is 1.74. The Hall–Kier alpha value is -2.38. The molecule has 0 radical (unpaired) electrons. The van der Waals surface area contributed by atoms with E-state index < -0.39 is 0 Å². The van der Waals surface area contributed by atoms with Gasteiger partial charge in [-0.25, -0.2) is 0 Å². The number of likely N-dealkylation sites (tertiary alicyclic amines) is 1. The van der Waals surface area contributed by atoms with Gasteiger partial charge in [0.15, 0.2) is 0 Å². The Morgan fingerprint density at radius 2 is 1.82 bits per heavy atom. The number of nitrogens with zero attached hydrogens (tertiary/aromatic N) is 5. The van der Waals surface area contributed by atoms with Crippen LogP contribution in [-0.4, -0.2) is 81.5 Å². The molecular formula is C20H31N5O3. The molecule has 8 nitrogen and oxygen atoms in total. The third kappa shape index (κ3) is 5.11. The number of amides is 3. The summed E-state index contributed by atoms with van der Waals surface area (Å²) in [6.07, 6.45) is 8.02. The van der Waals surface area contributed by atoms with Crippen LogP contribution in [0.2, 0.25) is 0 Å². The molecule has 1 aromatic heterocycles. The molecule has 3 heterocycles. The molecule has 0 aromatic carbocycles. The number of carbonyl (C=O) groups excluding carboxylic acids is 3. The van der Waals surface area contributed by atoms with Gasteiger partial charge >= 0.3 is 0 Å². The predicted molar refractivity (Wildman–Crippen MR) is 105 cm³/mol. The van der Waals surface area contributed by atoms with Crippen molar-refractivity contribution in [2.75, 3.05) is 39.3 Å². The summed E-state index contributed by atoms with van der Waals surface area (Å²) in [4.78, 5) is 42.6. The Kier molecular flexibility index (Phi) is 7.06.